The van der Waals surface area contributed by atoms with Crippen molar-refractivity contribution in [2.75, 3.05) is 13.2 Å². The van der Waals surface area contributed by atoms with Crippen molar-refractivity contribution in [3.8, 4) is 11.1 Å². The van der Waals surface area contributed by atoms with Crippen LogP contribution < -0.4 is 5.32 Å². The molecule has 1 amide bonds. The third-order valence-electron chi connectivity index (χ3n) is 5.73. The van der Waals surface area contributed by atoms with Gasteiger partial charge in [-0.1, -0.05) is 60.7 Å². The average molecular weight is 423 g/mol. The van der Waals surface area contributed by atoms with Crippen LogP contribution in [0.3, 0.4) is 0 Å². The lowest BCUT2D eigenvalue weighted by atomic mass is 9.98. The lowest BCUT2D eigenvalue weighted by molar-refractivity contribution is 0.112. The van der Waals surface area contributed by atoms with Crippen LogP contribution in [0, 0.1) is 0 Å². The highest BCUT2D eigenvalue weighted by atomic mass is 16.5. The number of fused-ring (bicyclic) bond motifs is 4. The molecule has 0 unspecified atom stereocenters. The van der Waals surface area contributed by atoms with Crippen molar-refractivity contribution in [3.05, 3.63) is 95.3 Å². The zero-order valence-corrected chi connectivity index (χ0v) is 17.2. The van der Waals surface area contributed by atoms with Gasteiger partial charge in [0.2, 0.25) is 0 Å². The number of H-pyrrole nitrogens is 1. The summed E-state index contributed by atoms with van der Waals surface area (Å²) < 4.78 is 5.53. The van der Waals surface area contributed by atoms with Gasteiger partial charge in [0.05, 0.1) is 0 Å². The number of nitrogens with zero attached hydrogens (tertiary/aromatic N) is 1. The van der Waals surface area contributed by atoms with E-state index in [4.69, 9.17) is 4.74 Å². The Balaban J connectivity index is 1.18. The van der Waals surface area contributed by atoms with Gasteiger partial charge in [-0.3, -0.25) is 4.79 Å². The minimum atomic E-state index is -0.459. The summed E-state index contributed by atoms with van der Waals surface area (Å²) in [4.78, 5) is 30.6. The Kier molecular flexibility index (Phi) is 5.25. The van der Waals surface area contributed by atoms with Crippen LogP contribution >= 0.6 is 0 Å². The highest BCUT2D eigenvalue weighted by Gasteiger charge is 2.28. The van der Waals surface area contributed by atoms with Gasteiger partial charge in [0.25, 0.3) is 0 Å². The first-order chi connectivity index (χ1) is 15.7. The number of carbonyl (C=O) groups is 2. The molecule has 1 aliphatic rings. The van der Waals surface area contributed by atoms with Crippen molar-refractivity contribution < 1.29 is 14.3 Å². The highest BCUT2D eigenvalue weighted by molar-refractivity contribution is 5.96. The normalized spacial score (nSPS) is 12.6. The number of hydrogen-bond acceptors (Lipinski definition) is 4. The zero-order valence-electron chi connectivity index (χ0n) is 17.2. The maximum Gasteiger partial charge on any atom is 0.407 e. The Morgan fingerprint density at radius 1 is 1.09 bits per heavy atom. The zero-order chi connectivity index (χ0) is 21.9. The largest absolute Gasteiger partial charge is 0.449 e. The molecular weight excluding hydrogens is 402 g/mol. The average Bonchev–Trinajstić information content (AvgIpc) is 3.39. The Labute approximate surface area is 185 Å². The molecule has 32 heavy (non-hydrogen) atoms. The van der Waals surface area contributed by atoms with Crippen molar-refractivity contribution in [3.63, 3.8) is 0 Å². The number of amides is 1. The fourth-order valence-corrected chi connectivity index (χ4v) is 4.22. The highest BCUT2D eigenvalue weighted by Crippen LogP contribution is 2.44. The second kappa shape index (κ2) is 8.51. The molecule has 0 spiro atoms. The third kappa shape index (κ3) is 3.67. The first-order valence-corrected chi connectivity index (χ1v) is 10.4. The predicted molar refractivity (Wildman–Crippen MR) is 124 cm³/mol. The minimum Gasteiger partial charge on any atom is -0.449 e. The maximum absolute atomic E-state index is 12.2. The number of rotatable bonds is 6. The van der Waals surface area contributed by atoms with Crippen LogP contribution in [0.25, 0.3) is 28.2 Å². The molecule has 158 valence electrons. The Hall–Kier alpha value is -4.19. The quantitative estimate of drug-likeness (QED) is 0.431. The second-order valence-electron chi connectivity index (χ2n) is 7.64. The van der Waals surface area contributed by atoms with Crippen molar-refractivity contribution in [1.29, 1.82) is 0 Å². The first kappa shape index (κ1) is 19.8. The van der Waals surface area contributed by atoms with Gasteiger partial charge in [0, 0.05) is 35.8 Å². The van der Waals surface area contributed by atoms with Crippen LogP contribution in [-0.2, 0) is 4.74 Å². The first-order valence-electron chi connectivity index (χ1n) is 10.4. The molecule has 0 fully saturated rings. The van der Waals surface area contributed by atoms with Crippen molar-refractivity contribution in [2.45, 2.75) is 5.92 Å². The van der Waals surface area contributed by atoms with E-state index >= 15 is 0 Å². The number of carbonyl (C=O) groups excluding carboxylic acids is 2. The van der Waals surface area contributed by atoms with E-state index in [1.54, 1.807) is 12.4 Å². The number of benzene rings is 2. The lowest BCUT2D eigenvalue weighted by Gasteiger charge is -2.14. The van der Waals surface area contributed by atoms with Gasteiger partial charge >= 0.3 is 6.09 Å². The van der Waals surface area contributed by atoms with Gasteiger partial charge in [-0.15, -0.1) is 0 Å². The Morgan fingerprint density at radius 3 is 2.53 bits per heavy atom. The molecule has 6 heteroatoms. The Morgan fingerprint density at radius 2 is 1.81 bits per heavy atom. The van der Waals surface area contributed by atoms with Crippen LogP contribution in [0.5, 0.6) is 0 Å². The van der Waals surface area contributed by atoms with E-state index in [2.05, 4.69) is 39.6 Å². The molecule has 0 saturated heterocycles. The molecule has 1 aliphatic carbocycles. The summed E-state index contributed by atoms with van der Waals surface area (Å²) in [6.45, 7) is 0.606. The summed E-state index contributed by atoms with van der Waals surface area (Å²) >= 11 is 0. The van der Waals surface area contributed by atoms with Crippen LogP contribution in [0.4, 0.5) is 4.79 Å². The fourth-order valence-electron chi connectivity index (χ4n) is 4.22. The summed E-state index contributed by atoms with van der Waals surface area (Å²) in [5, 5.41) is 3.52. The SMILES string of the molecule is O=Cc1c[nH]c2ncc(C=CCNC(=O)OCC3c4ccccc4-c4ccccc43)cc12. The lowest BCUT2D eigenvalue weighted by Crippen LogP contribution is -2.26. The summed E-state index contributed by atoms with van der Waals surface area (Å²) in [6, 6.07) is 18.4. The van der Waals surface area contributed by atoms with E-state index in [0.29, 0.717) is 17.8 Å². The fraction of sp³-hybridized carbons (Fsp3) is 0.115. The molecule has 0 radical (unpaired) electrons. The number of hydrogen-bond donors (Lipinski definition) is 2. The molecule has 2 aromatic carbocycles. The van der Waals surface area contributed by atoms with E-state index in [9.17, 15) is 9.59 Å². The number of aromatic amines is 1. The van der Waals surface area contributed by atoms with Crippen LogP contribution in [0.15, 0.2) is 73.1 Å². The summed E-state index contributed by atoms with van der Waals surface area (Å²) in [7, 11) is 0. The van der Waals surface area contributed by atoms with E-state index < -0.39 is 6.09 Å². The monoisotopic (exact) mass is 423 g/mol. The van der Waals surface area contributed by atoms with Crippen LogP contribution in [0.1, 0.15) is 33.0 Å². The summed E-state index contributed by atoms with van der Waals surface area (Å²) in [5.74, 6) is 0.0369. The van der Waals surface area contributed by atoms with Crippen molar-refractivity contribution in [2.24, 2.45) is 0 Å². The molecule has 0 atom stereocenters. The molecule has 2 aromatic heterocycles. The summed E-state index contributed by atoms with van der Waals surface area (Å²) in [6.07, 6.45) is 7.34. The van der Waals surface area contributed by atoms with E-state index in [0.717, 1.165) is 17.2 Å². The number of nitrogens with one attached hydrogen (secondary N) is 2. The number of aldehydes is 1. The van der Waals surface area contributed by atoms with Crippen LogP contribution in [0.2, 0.25) is 0 Å². The molecule has 0 saturated carbocycles. The van der Waals surface area contributed by atoms with Gasteiger partial charge in [-0.25, -0.2) is 9.78 Å². The van der Waals surface area contributed by atoms with Crippen molar-refractivity contribution in [1.82, 2.24) is 15.3 Å². The topological polar surface area (TPSA) is 84.1 Å². The second-order valence-corrected chi connectivity index (χ2v) is 7.64. The third-order valence-corrected chi connectivity index (χ3v) is 5.73. The van der Waals surface area contributed by atoms with Gasteiger partial charge in [-0.2, -0.15) is 0 Å². The predicted octanol–water partition coefficient (Wildman–Crippen LogP) is 4.93. The van der Waals surface area contributed by atoms with E-state index in [1.165, 1.54) is 22.3 Å². The molecule has 5 rings (SSSR count). The van der Waals surface area contributed by atoms with Gasteiger partial charge in [-0.05, 0) is 33.9 Å². The van der Waals surface area contributed by atoms with E-state index in [1.807, 2.05) is 42.5 Å². The molecule has 6 nitrogen and oxygen atoms in total. The molecule has 0 aliphatic heterocycles. The molecule has 0 bridgehead atoms. The maximum atomic E-state index is 12.2. The molecular formula is C26H21N3O3. The number of ether oxygens (including phenoxy) is 1. The van der Waals surface area contributed by atoms with Gasteiger partial charge in [0.15, 0.2) is 6.29 Å². The number of aromatic nitrogens is 2. The molecule has 4 aromatic rings. The van der Waals surface area contributed by atoms with Crippen molar-refractivity contribution >= 4 is 29.5 Å². The molecule has 2 heterocycles. The smallest absolute Gasteiger partial charge is 0.407 e. The Bertz CT molecular complexity index is 1290. The standard InChI is InChI=1S/C26H21N3O3/c30-15-18-14-29-25-23(18)12-17(13-28-25)6-5-11-27-26(31)32-16-24-21-9-3-1-7-19(21)20-8-2-4-10-22(20)24/h1-10,12-15,24H,11,16H2,(H,27,31)(H,28,29). The number of pyridine rings is 1. The number of alkyl carbamates (subject to hydrolysis) is 1. The molecule has 2 N–H and O–H groups in total. The van der Waals surface area contributed by atoms with E-state index in [-0.39, 0.29) is 12.5 Å². The van der Waals surface area contributed by atoms with Gasteiger partial charge in [0.1, 0.15) is 12.3 Å². The van der Waals surface area contributed by atoms with Gasteiger partial charge < -0.3 is 15.0 Å². The minimum absolute atomic E-state index is 0.0369. The summed E-state index contributed by atoms with van der Waals surface area (Å²) in [5.41, 5.74) is 6.85. The van der Waals surface area contributed by atoms with Crippen LogP contribution in [-0.4, -0.2) is 35.5 Å².